The fraction of sp³-hybridized carbons (Fsp3) is 0.226. The standard InChI is InChI=1S/C21H22N2O2S.C10H14.Ru/c1-16-12-14-19(15-13-16)26(24,25)23-21(18-10-6-3-7-11-18)20(22)17-8-4-2-5-9-17;1-7-5-8(2)10(4)9(3)6-7;/h2-15,20-21,23H,22H2,1H3;5-6H,1-4H3;/t20-,21-;;/m0../s1. The zero-order chi connectivity index (χ0) is 26.3. The van der Waals surface area contributed by atoms with Crippen molar-refractivity contribution in [2.75, 3.05) is 0 Å². The summed E-state index contributed by atoms with van der Waals surface area (Å²) in [6, 6.07) is 29.0. The summed E-state index contributed by atoms with van der Waals surface area (Å²) in [6.45, 7) is 10.6. The Morgan fingerprint density at radius 2 is 1.11 bits per heavy atom. The van der Waals surface area contributed by atoms with Crippen LogP contribution < -0.4 is 10.5 Å². The molecule has 0 saturated heterocycles. The summed E-state index contributed by atoms with van der Waals surface area (Å²) in [4.78, 5) is 0.226. The van der Waals surface area contributed by atoms with Gasteiger partial charge in [-0.25, -0.2) is 13.1 Å². The van der Waals surface area contributed by atoms with Gasteiger partial charge in [-0.15, -0.1) is 0 Å². The molecule has 0 aromatic heterocycles. The zero-order valence-corrected chi connectivity index (χ0v) is 24.6. The molecule has 0 fully saturated rings. The van der Waals surface area contributed by atoms with E-state index in [1.807, 2.05) is 67.6 Å². The van der Waals surface area contributed by atoms with Crippen molar-refractivity contribution >= 4 is 10.0 Å². The molecule has 37 heavy (non-hydrogen) atoms. The van der Waals surface area contributed by atoms with E-state index in [0.717, 1.165) is 16.7 Å². The number of nitrogens with two attached hydrogens (primary N) is 1. The number of rotatable bonds is 6. The third kappa shape index (κ3) is 8.44. The number of sulfonamides is 1. The van der Waals surface area contributed by atoms with Crippen molar-refractivity contribution in [3.8, 4) is 0 Å². The smallest absolute Gasteiger partial charge is 0.241 e. The third-order valence-corrected chi connectivity index (χ3v) is 7.84. The van der Waals surface area contributed by atoms with Gasteiger partial charge in [-0.05, 0) is 74.6 Å². The van der Waals surface area contributed by atoms with Gasteiger partial charge in [0.25, 0.3) is 0 Å². The van der Waals surface area contributed by atoms with Crippen molar-refractivity contribution in [2.45, 2.75) is 51.6 Å². The molecule has 3 N–H and O–H groups in total. The van der Waals surface area contributed by atoms with E-state index >= 15 is 0 Å². The van der Waals surface area contributed by atoms with Crippen LogP contribution in [-0.4, -0.2) is 8.42 Å². The van der Waals surface area contributed by atoms with E-state index in [0.29, 0.717) is 0 Å². The third-order valence-electron chi connectivity index (χ3n) is 6.39. The van der Waals surface area contributed by atoms with Gasteiger partial charge < -0.3 is 5.73 Å². The fourth-order valence-electron chi connectivity index (χ4n) is 4.08. The molecular formula is C31H36N2O2RuS. The molecule has 0 bridgehead atoms. The van der Waals surface area contributed by atoms with Crippen molar-refractivity contribution in [2.24, 2.45) is 5.73 Å². The Labute approximate surface area is 235 Å². The van der Waals surface area contributed by atoms with Crippen LogP contribution in [0.1, 0.15) is 51.0 Å². The molecular weight excluding hydrogens is 565 g/mol. The van der Waals surface area contributed by atoms with Crippen molar-refractivity contribution in [3.63, 3.8) is 0 Å². The monoisotopic (exact) mass is 602 g/mol. The van der Waals surface area contributed by atoms with Crippen LogP contribution in [0, 0.1) is 34.6 Å². The Hall–Kier alpha value is -2.63. The van der Waals surface area contributed by atoms with Crippen LogP contribution >= 0.6 is 0 Å². The second kappa shape index (κ2) is 13.8. The molecule has 0 saturated carbocycles. The molecule has 0 aliphatic heterocycles. The Bertz CT molecular complexity index is 1350. The molecule has 4 rings (SSSR count). The van der Waals surface area contributed by atoms with Gasteiger partial charge in [0.05, 0.1) is 17.0 Å². The van der Waals surface area contributed by atoms with Crippen LogP contribution in [0.15, 0.2) is 102 Å². The molecule has 0 aliphatic carbocycles. The van der Waals surface area contributed by atoms with Crippen molar-refractivity contribution in [3.05, 3.63) is 136 Å². The normalized spacial score (nSPS) is 12.5. The van der Waals surface area contributed by atoms with Crippen molar-refractivity contribution in [1.82, 2.24) is 4.72 Å². The quantitative estimate of drug-likeness (QED) is 0.244. The van der Waals surface area contributed by atoms with Gasteiger partial charge in [0.15, 0.2) is 0 Å². The molecule has 6 heteroatoms. The molecule has 2 atom stereocenters. The van der Waals surface area contributed by atoms with Gasteiger partial charge in [-0.1, -0.05) is 96.1 Å². The number of benzene rings is 4. The Morgan fingerprint density at radius 1 is 0.649 bits per heavy atom. The minimum absolute atomic E-state index is 0. The van der Waals surface area contributed by atoms with Crippen LogP contribution in [0.25, 0.3) is 0 Å². The molecule has 4 aromatic carbocycles. The Kier molecular flexibility index (Phi) is 11.4. The molecule has 4 aromatic rings. The van der Waals surface area contributed by atoms with E-state index in [4.69, 9.17) is 5.73 Å². The average molecular weight is 602 g/mol. The molecule has 0 spiro atoms. The number of nitrogens with one attached hydrogen (secondary N) is 1. The number of hydrogen-bond donors (Lipinski definition) is 2. The summed E-state index contributed by atoms with van der Waals surface area (Å²) >= 11 is 0. The molecule has 0 radical (unpaired) electrons. The maximum Gasteiger partial charge on any atom is 0.241 e. The fourth-order valence-corrected chi connectivity index (χ4v) is 5.33. The van der Waals surface area contributed by atoms with Gasteiger partial charge in [-0.3, -0.25) is 0 Å². The SMILES string of the molecule is Cc1cc(C)c(C)c(C)c1.Cc1ccc(S(=O)(=O)N[C@@H](c2ccccc2)[C@@H](N)c2ccccc2)cc1.[Ru]. The van der Waals surface area contributed by atoms with Crippen LogP contribution in [0.3, 0.4) is 0 Å². The minimum atomic E-state index is -3.71. The van der Waals surface area contributed by atoms with Crippen LogP contribution in [0.2, 0.25) is 0 Å². The Morgan fingerprint density at radius 3 is 1.59 bits per heavy atom. The number of hydrogen-bond acceptors (Lipinski definition) is 3. The summed E-state index contributed by atoms with van der Waals surface area (Å²) in [5, 5.41) is 0. The van der Waals surface area contributed by atoms with E-state index in [2.05, 4.69) is 44.5 Å². The van der Waals surface area contributed by atoms with E-state index in [9.17, 15) is 8.42 Å². The van der Waals surface area contributed by atoms with Crippen molar-refractivity contribution < 1.29 is 27.9 Å². The first kappa shape index (κ1) is 30.6. The maximum atomic E-state index is 12.9. The predicted octanol–water partition coefficient (Wildman–Crippen LogP) is 6.63. The van der Waals surface area contributed by atoms with Gasteiger partial charge in [0.2, 0.25) is 10.0 Å². The first-order valence-corrected chi connectivity index (χ1v) is 13.6. The van der Waals surface area contributed by atoms with Gasteiger partial charge in [0, 0.05) is 19.5 Å². The van der Waals surface area contributed by atoms with Crippen LogP contribution in [0.5, 0.6) is 0 Å². The number of aryl methyl sites for hydroxylation is 4. The predicted molar refractivity (Wildman–Crippen MR) is 149 cm³/mol. The van der Waals surface area contributed by atoms with E-state index < -0.39 is 22.1 Å². The molecule has 0 unspecified atom stereocenters. The molecule has 0 heterocycles. The van der Waals surface area contributed by atoms with E-state index in [1.54, 1.807) is 24.3 Å². The van der Waals surface area contributed by atoms with Gasteiger partial charge in [-0.2, -0.15) is 0 Å². The van der Waals surface area contributed by atoms with E-state index in [1.165, 1.54) is 22.3 Å². The van der Waals surface area contributed by atoms with Crippen LogP contribution in [0.4, 0.5) is 0 Å². The van der Waals surface area contributed by atoms with Gasteiger partial charge >= 0.3 is 0 Å². The second-order valence-electron chi connectivity index (χ2n) is 9.28. The summed E-state index contributed by atoms with van der Waals surface area (Å²) in [5.41, 5.74) is 14.7. The summed E-state index contributed by atoms with van der Waals surface area (Å²) in [6.07, 6.45) is 0. The Balaban J connectivity index is 0.000000369. The average Bonchev–Trinajstić information content (AvgIpc) is 2.87. The molecule has 0 aliphatic rings. The largest absolute Gasteiger partial charge is 0.322 e. The summed E-state index contributed by atoms with van der Waals surface area (Å²) in [5.74, 6) is 0. The minimum Gasteiger partial charge on any atom is -0.322 e. The van der Waals surface area contributed by atoms with E-state index in [-0.39, 0.29) is 24.4 Å². The maximum absolute atomic E-state index is 12.9. The van der Waals surface area contributed by atoms with Crippen LogP contribution in [-0.2, 0) is 29.5 Å². The first-order valence-electron chi connectivity index (χ1n) is 12.1. The first-order chi connectivity index (χ1) is 17.1. The topological polar surface area (TPSA) is 72.2 Å². The zero-order valence-electron chi connectivity index (χ0n) is 22.0. The second-order valence-corrected chi connectivity index (χ2v) is 11.0. The summed E-state index contributed by atoms with van der Waals surface area (Å²) < 4.78 is 28.6. The molecule has 196 valence electrons. The van der Waals surface area contributed by atoms with Crippen molar-refractivity contribution in [1.29, 1.82) is 0 Å². The molecule has 0 amide bonds. The molecule has 4 nitrogen and oxygen atoms in total. The van der Waals surface area contributed by atoms with Gasteiger partial charge in [0.1, 0.15) is 0 Å². The summed E-state index contributed by atoms with van der Waals surface area (Å²) in [7, 11) is -3.71.